The van der Waals surface area contributed by atoms with Gasteiger partial charge in [-0.25, -0.2) is 4.68 Å². The Morgan fingerprint density at radius 1 is 1.22 bits per heavy atom. The summed E-state index contributed by atoms with van der Waals surface area (Å²) in [7, 11) is 0. The second-order valence-corrected chi connectivity index (χ2v) is 9.57. The van der Waals surface area contributed by atoms with Gasteiger partial charge in [-0.05, 0) is 31.2 Å². The summed E-state index contributed by atoms with van der Waals surface area (Å²) in [5.41, 5.74) is 4.89. The smallest absolute Gasteiger partial charge is 0.316 e. The highest BCUT2D eigenvalue weighted by molar-refractivity contribution is 7.99. The summed E-state index contributed by atoms with van der Waals surface area (Å²) in [6.07, 6.45) is 0.132. The summed E-state index contributed by atoms with van der Waals surface area (Å²) in [6.45, 7) is 3.36. The maximum atomic E-state index is 11.8. The highest BCUT2D eigenvalue weighted by atomic mass is 35.5. The van der Waals surface area contributed by atoms with Gasteiger partial charge < -0.3 is 14.3 Å². The largest absolute Gasteiger partial charge is 0.485 e. The van der Waals surface area contributed by atoms with Gasteiger partial charge in [0.15, 0.2) is 11.9 Å². The molecular formula is C24H23Cl2N5O5S. The first-order valence-corrected chi connectivity index (χ1v) is 13.0. The summed E-state index contributed by atoms with van der Waals surface area (Å²) in [5.74, 6) is 0.184. The van der Waals surface area contributed by atoms with E-state index in [1.165, 1.54) is 11.6 Å². The number of benzene rings is 2. The van der Waals surface area contributed by atoms with E-state index in [-0.39, 0.29) is 31.0 Å². The van der Waals surface area contributed by atoms with Gasteiger partial charge in [0.05, 0.1) is 18.1 Å². The number of carbonyl (C=O) groups is 2. The average molecular weight is 564 g/mol. The zero-order chi connectivity index (χ0) is 26.4. The van der Waals surface area contributed by atoms with Crippen molar-refractivity contribution in [3.8, 4) is 5.75 Å². The van der Waals surface area contributed by atoms with Gasteiger partial charge in [-0.2, -0.15) is 0 Å². The highest BCUT2D eigenvalue weighted by Gasteiger charge is 2.27. The van der Waals surface area contributed by atoms with Crippen molar-refractivity contribution in [3.63, 3.8) is 0 Å². The van der Waals surface area contributed by atoms with Gasteiger partial charge in [0, 0.05) is 34.5 Å². The summed E-state index contributed by atoms with van der Waals surface area (Å²) in [4.78, 5) is 29.2. The molecule has 1 aliphatic heterocycles. The monoisotopic (exact) mass is 563 g/mol. The van der Waals surface area contributed by atoms with Crippen molar-refractivity contribution in [1.82, 2.24) is 14.9 Å². The number of hydrogen-bond donors (Lipinski definition) is 1. The van der Waals surface area contributed by atoms with Crippen LogP contribution in [0.2, 0.25) is 10.0 Å². The number of amides is 1. The third kappa shape index (κ3) is 6.73. The second kappa shape index (κ2) is 12.3. The molecule has 1 unspecified atom stereocenters. The number of nitrogens with zero attached hydrogens (tertiary/aromatic N) is 4. The van der Waals surface area contributed by atoms with Crippen LogP contribution in [0.15, 0.2) is 52.8 Å². The van der Waals surface area contributed by atoms with Gasteiger partial charge in [-0.1, -0.05) is 58.3 Å². The SMILES string of the molecule is CCOC(=O)CSc1nnc(COc2ccccc2C2=NOC(c3ccc(Cl)cc3Cl)C2)n1NC(C)=O. The molecule has 37 heavy (non-hydrogen) atoms. The molecule has 1 aliphatic rings. The van der Waals surface area contributed by atoms with E-state index in [4.69, 9.17) is 37.5 Å². The average Bonchev–Trinajstić information content (AvgIpc) is 3.49. The minimum absolute atomic E-state index is 0.00909. The maximum Gasteiger partial charge on any atom is 0.316 e. The summed E-state index contributed by atoms with van der Waals surface area (Å²) < 4.78 is 12.4. The number of rotatable bonds is 10. The zero-order valence-corrected chi connectivity index (χ0v) is 22.3. The third-order valence-corrected chi connectivity index (χ3v) is 6.59. The van der Waals surface area contributed by atoms with Crippen LogP contribution >= 0.6 is 35.0 Å². The molecule has 0 saturated heterocycles. The van der Waals surface area contributed by atoms with Crippen LogP contribution in [-0.4, -0.2) is 44.8 Å². The molecule has 0 aliphatic carbocycles. The number of ether oxygens (including phenoxy) is 2. The Morgan fingerprint density at radius 3 is 2.78 bits per heavy atom. The number of esters is 1. The molecule has 0 radical (unpaired) electrons. The van der Waals surface area contributed by atoms with E-state index in [1.54, 1.807) is 25.1 Å². The lowest BCUT2D eigenvalue weighted by Crippen LogP contribution is -2.24. The Bertz CT molecular complexity index is 1330. The molecule has 3 aromatic rings. The molecule has 10 nitrogen and oxygen atoms in total. The minimum atomic E-state index is -0.394. The van der Waals surface area contributed by atoms with E-state index < -0.39 is 5.97 Å². The Labute approximate surface area is 227 Å². The first-order chi connectivity index (χ1) is 17.9. The fourth-order valence-corrected chi connectivity index (χ4v) is 4.76. The number of thioether (sulfide) groups is 1. The molecular weight excluding hydrogens is 541 g/mol. The summed E-state index contributed by atoms with van der Waals surface area (Å²) in [6, 6.07) is 12.6. The predicted molar refractivity (Wildman–Crippen MR) is 140 cm³/mol. The molecule has 4 rings (SSSR count). The topological polar surface area (TPSA) is 117 Å². The molecule has 1 aromatic heterocycles. The summed E-state index contributed by atoms with van der Waals surface area (Å²) >= 11 is 13.5. The van der Waals surface area contributed by atoms with Crippen molar-refractivity contribution in [1.29, 1.82) is 0 Å². The van der Waals surface area contributed by atoms with E-state index in [0.29, 0.717) is 38.9 Å². The number of carbonyl (C=O) groups excluding carboxylic acids is 2. The fraction of sp³-hybridized carbons (Fsp3) is 0.292. The minimum Gasteiger partial charge on any atom is -0.485 e. The second-order valence-electron chi connectivity index (χ2n) is 7.78. The Balaban J connectivity index is 1.47. The van der Waals surface area contributed by atoms with Crippen molar-refractivity contribution in [2.75, 3.05) is 17.8 Å². The van der Waals surface area contributed by atoms with E-state index in [2.05, 4.69) is 20.8 Å². The summed E-state index contributed by atoms with van der Waals surface area (Å²) in [5, 5.41) is 13.8. The Hall–Kier alpha value is -3.28. The lowest BCUT2D eigenvalue weighted by molar-refractivity contribution is -0.139. The van der Waals surface area contributed by atoms with Crippen molar-refractivity contribution >= 4 is 52.6 Å². The van der Waals surface area contributed by atoms with Crippen molar-refractivity contribution in [2.45, 2.75) is 38.1 Å². The van der Waals surface area contributed by atoms with Crippen LogP contribution in [0.25, 0.3) is 0 Å². The predicted octanol–water partition coefficient (Wildman–Crippen LogP) is 4.77. The standard InChI is InChI=1S/C24H23Cl2N5O5S/c1-3-34-23(33)13-37-24-28-27-22(31(24)29-14(2)32)12-35-20-7-5-4-6-17(20)19-11-21(36-30-19)16-9-8-15(25)10-18(16)26/h4-10,21H,3,11-13H2,1-2H3,(H,29,32). The van der Waals surface area contributed by atoms with Crippen LogP contribution in [0.3, 0.4) is 0 Å². The van der Waals surface area contributed by atoms with Gasteiger partial charge in [0.1, 0.15) is 12.4 Å². The van der Waals surface area contributed by atoms with E-state index in [0.717, 1.165) is 22.9 Å². The first kappa shape index (κ1) is 26.8. The molecule has 0 bridgehead atoms. The van der Waals surface area contributed by atoms with Crippen LogP contribution in [0.1, 0.15) is 43.3 Å². The molecule has 1 atom stereocenters. The van der Waals surface area contributed by atoms with E-state index >= 15 is 0 Å². The van der Waals surface area contributed by atoms with Gasteiger partial charge in [0.25, 0.3) is 0 Å². The van der Waals surface area contributed by atoms with Crippen molar-refractivity contribution < 1.29 is 23.9 Å². The van der Waals surface area contributed by atoms with Crippen LogP contribution in [0.5, 0.6) is 5.75 Å². The lowest BCUT2D eigenvalue weighted by atomic mass is 9.99. The Kier molecular flexibility index (Phi) is 8.91. The molecule has 13 heteroatoms. The number of nitrogens with one attached hydrogen (secondary N) is 1. The van der Waals surface area contributed by atoms with Gasteiger partial charge in [-0.3, -0.25) is 15.0 Å². The van der Waals surface area contributed by atoms with Crippen LogP contribution in [-0.2, 0) is 25.8 Å². The molecule has 0 fully saturated rings. The molecule has 1 amide bonds. The van der Waals surface area contributed by atoms with Crippen LogP contribution in [0.4, 0.5) is 0 Å². The first-order valence-electron chi connectivity index (χ1n) is 11.3. The van der Waals surface area contributed by atoms with E-state index in [1.807, 2.05) is 24.3 Å². The molecule has 0 saturated carbocycles. The lowest BCUT2D eigenvalue weighted by Gasteiger charge is -2.13. The van der Waals surface area contributed by atoms with Crippen molar-refractivity contribution in [2.24, 2.45) is 5.16 Å². The maximum absolute atomic E-state index is 11.8. The zero-order valence-electron chi connectivity index (χ0n) is 19.9. The van der Waals surface area contributed by atoms with Crippen LogP contribution < -0.4 is 10.2 Å². The molecule has 1 N–H and O–H groups in total. The van der Waals surface area contributed by atoms with Crippen LogP contribution in [0, 0.1) is 0 Å². The van der Waals surface area contributed by atoms with E-state index in [9.17, 15) is 9.59 Å². The van der Waals surface area contributed by atoms with Crippen molar-refractivity contribution in [3.05, 3.63) is 69.5 Å². The number of hydrogen-bond acceptors (Lipinski definition) is 9. The number of oxime groups is 1. The molecule has 2 heterocycles. The van der Waals surface area contributed by atoms with Gasteiger partial charge in [-0.15, -0.1) is 10.2 Å². The molecule has 194 valence electrons. The van der Waals surface area contributed by atoms with Gasteiger partial charge in [0.2, 0.25) is 11.1 Å². The normalized spacial score (nSPS) is 14.6. The highest BCUT2D eigenvalue weighted by Crippen LogP contribution is 2.36. The van der Waals surface area contributed by atoms with Gasteiger partial charge >= 0.3 is 5.97 Å². The Morgan fingerprint density at radius 2 is 2.03 bits per heavy atom. The molecule has 2 aromatic carbocycles. The number of aromatic nitrogens is 3. The number of para-hydroxylation sites is 1. The fourth-order valence-electron chi connectivity index (χ4n) is 3.52. The quantitative estimate of drug-likeness (QED) is 0.277. The number of halogens is 2. The third-order valence-electron chi connectivity index (χ3n) is 5.13. The molecule has 0 spiro atoms.